The van der Waals surface area contributed by atoms with Gasteiger partial charge in [0.2, 0.25) is 0 Å². The van der Waals surface area contributed by atoms with Crippen molar-refractivity contribution in [1.29, 1.82) is 0 Å². The molecule has 1 aromatic carbocycles. The van der Waals surface area contributed by atoms with E-state index in [1.54, 1.807) is 0 Å². The van der Waals surface area contributed by atoms with E-state index in [4.69, 9.17) is 0 Å². The zero-order valence-electron chi connectivity index (χ0n) is 11.2. The molecule has 2 rings (SSSR count). The second-order valence-electron chi connectivity index (χ2n) is 5.27. The molecule has 1 aromatic rings. The molecule has 0 radical (unpaired) electrons. The molecular weight excluding hydrogens is 208 g/mol. The van der Waals surface area contributed by atoms with Gasteiger partial charge in [-0.15, -0.1) is 0 Å². The van der Waals surface area contributed by atoms with Crippen molar-refractivity contribution < 1.29 is 0 Å². The van der Waals surface area contributed by atoms with Gasteiger partial charge in [0, 0.05) is 18.8 Å². The minimum atomic E-state index is 0.787. The van der Waals surface area contributed by atoms with E-state index in [-0.39, 0.29) is 0 Å². The normalized spacial score (nSPS) is 23.9. The molecule has 0 bridgehead atoms. The Kier molecular flexibility index (Phi) is 4.06. The van der Waals surface area contributed by atoms with Gasteiger partial charge in [0.25, 0.3) is 0 Å². The maximum atomic E-state index is 3.49. The lowest BCUT2D eigenvalue weighted by Crippen LogP contribution is -2.32. The average Bonchev–Trinajstić information content (AvgIpc) is 2.71. The molecule has 1 N–H and O–H groups in total. The molecule has 1 fully saturated rings. The number of rotatable bonds is 4. The van der Waals surface area contributed by atoms with Crippen molar-refractivity contribution in [2.45, 2.75) is 20.8 Å². The SMILES string of the molecule is CCN(CC1CNCC1C)c1cccc(C)c1. The molecule has 0 aliphatic carbocycles. The van der Waals surface area contributed by atoms with E-state index in [1.807, 2.05) is 0 Å². The van der Waals surface area contributed by atoms with Crippen molar-refractivity contribution in [3.63, 3.8) is 0 Å². The maximum absolute atomic E-state index is 3.49. The van der Waals surface area contributed by atoms with E-state index in [0.717, 1.165) is 18.4 Å². The smallest absolute Gasteiger partial charge is 0.0368 e. The summed E-state index contributed by atoms with van der Waals surface area (Å²) in [5.41, 5.74) is 2.71. The summed E-state index contributed by atoms with van der Waals surface area (Å²) in [7, 11) is 0. The van der Waals surface area contributed by atoms with Crippen LogP contribution in [0.1, 0.15) is 19.4 Å². The molecule has 2 unspecified atom stereocenters. The lowest BCUT2D eigenvalue weighted by atomic mass is 9.97. The molecule has 1 saturated heterocycles. The van der Waals surface area contributed by atoms with Gasteiger partial charge < -0.3 is 10.2 Å². The first-order valence-electron chi connectivity index (χ1n) is 6.73. The Morgan fingerprint density at radius 3 is 2.76 bits per heavy atom. The number of anilines is 1. The number of hydrogen-bond acceptors (Lipinski definition) is 2. The Bertz CT molecular complexity index is 362. The highest BCUT2D eigenvalue weighted by Gasteiger charge is 2.24. The minimum Gasteiger partial charge on any atom is -0.371 e. The fourth-order valence-electron chi connectivity index (χ4n) is 2.63. The topological polar surface area (TPSA) is 15.3 Å². The number of hydrogen-bond donors (Lipinski definition) is 1. The summed E-state index contributed by atoms with van der Waals surface area (Å²) in [6, 6.07) is 8.83. The Morgan fingerprint density at radius 2 is 2.18 bits per heavy atom. The van der Waals surface area contributed by atoms with Crippen molar-refractivity contribution in [1.82, 2.24) is 5.32 Å². The Balaban J connectivity index is 2.06. The predicted octanol–water partition coefficient (Wildman–Crippen LogP) is 2.68. The highest BCUT2D eigenvalue weighted by atomic mass is 15.1. The highest BCUT2D eigenvalue weighted by molar-refractivity contribution is 5.48. The fraction of sp³-hybridized carbons (Fsp3) is 0.600. The third-order valence-corrected chi connectivity index (χ3v) is 3.88. The Morgan fingerprint density at radius 1 is 1.35 bits per heavy atom. The zero-order chi connectivity index (χ0) is 12.3. The van der Waals surface area contributed by atoms with Crippen molar-refractivity contribution >= 4 is 5.69 Å². The Hall–Kier alpha value is -1.02. The molecule has 1 aliphatic rings. The molecule has 1 aliphatic heterocycles. The van der Waals surface area contributed by atoms with Crippen LogP contribution < -0.4 is 10.2 Å². The first-order chi connectivity index (χ1) is 8.20. The monoisotopic (exact) mass is 232 g/mol. The molecule has 94 valence electrons. The summed E-state index contributed by atoms with van der Waals surface area (Å²) in [5, 5.41) is 3.49. The van der Waals surface area contributed by atoms with E-state index >= 15 is 0 Å². The summed E-state index contributed by atoms with van der Waals surface area (Å²) >= 11 is 0. The summed E-state index contributed by atoms with van der Waals surface area (Å²) < 4.78 is 0. The number of nitrogens with one attached hydrogen (secondary N) is 1. The van der Waals surface area contributed by atoms with Crippen LogP contribution in [0.25, 0.3) is 0 Å². The van der Waals surface area contributed by atoms with Crippen molar-refractivity contribution in [2.24, 2.45) is 11.8 Å². The van der Waals surface area contributed by atoms with Gasteiger partial charge in [-0.3, -0.25) is 0 Å². The molecule has 0 aromatic heterocycles. The zero-order valence-corrected chi connectivity index (χ0v) is 11.2. The van der Waals surface area contributed by atoms with Gasteiger partial charge in [0.05, 0.1) is 0 Å². The van der Waals surface area contributed by atoms with Crippen molar-refractivity contribution in [2.75, 3.05) is 31.1 Å². The standard InChI is InChI=1S/C15H24N2/c1-4-17(11-14-10-16-9-13(14)3)15-7-5-6-12(2)8-15/h5-8,13-14,16H,4,9-11H2,1-3H3. The summed E-state index contributed by atoms with van der Waals surface area (Å²) in [5.74, 6) is 1.59. The molecule has 17 heavy (non-hydrogen) atoms. The van der Waals surface area contributed by atoms with Crippen LogP contribution in [0.2, 0.25) is 0 Å². The summed E-state index contributed by atoms with van der Waals surface area (Å²) in [6.07, 6.45) is 0. The Labute approximate surface area is 105 Å². The lowest BCUT2D eigenvalue weighted by Gasteiger charge is -2.28. The predicted molar refractivity (Wildman–Crippen MR) is 74.6 cm³/mol. The molecular formula is C15H24N2. The highest BCUT2D eigenvalue weighted by Crippen LogP contribution is 2.22. The second-order valence-corrected chi connectivity index (χ2v) is 5.27. The molecule has 2 nitrogen and oxygen atoms in total. The third kappa shape index (κ3) is 3.01. The van der Waals surface area contributed by atoms with Crippen LogP contribution in [0.5, 0.6) is 0 Å². The van der Waals surface area contributed by atoms with E-state index in [9.17, 15) is 0 Å². The molecule has 0 amide bonds. The minimum absolute atomic E-state index is 0.787. The maximum Gasteiger partial charge on any atom is 0.0368 e. The van der Waals surface area contributed by atoms with Crippen molar-refractivity contribution in [3.05, 3.63) is 29.8 Å². The number of nitrogens with zero attached hydrogens (tertiary/aromatic N) is 1. The third-order valence-electron chi connectivity index (χ3n) is 3.88. The van der Waals surface area contributed by atoms with Crippen LogP contribution in [-0.2, 0) is 0 Å². The quantitative estimate of drug-likeness (QED) is 0.858. The van der Waals surface area contributed by atoms with Gasteiger partial charge >= 0.3 is 0 Å². The summed E-state index contributed by atoms with van der Waals surface area (Å²) in [6.45, 7) is 11.4. The van der Waals surface area contributed by atoms with Crippen LogP contribution in [0, 0.1) is 18.8 Å². The molecule has 0 saturated carbocycles. The first kappa shape index (κ1) is 12.4. The largest absolute Gasteiger partial charge is 0.371 e. The number of benzene rings is 1. The van der Waals surface area contributed by atoms with Gasteiger partial charge in [-0.05, 0) is 56.5 Å². The van der Waals surface area contributed by atoms with E-state index < -0.39 is 0 Å². The van der Waals surface area contributed by atoms with Gasteiger partial charge in [0.15, 0.2) is 0 Å². The lowest BCUT2D eigenvalue weighted by molar-refractivity contribution is 0.449. The molecule has 2 atom stereocenters. The van der Waals surface area contributed by atoms with E-state index in [1.165, 1.54) is 30.9 Å². The van der Waals surface area contributed by atoms with Crippen LogP contribution >= 0.6 is 0 Å². The van der Waals surface area contributed by atoms with Crippen molar-refractivity contribution in [3.8, 4) is 0 Å². The molecule has 1 heterocycles. The average molecular weight is 232 g/mol. The second kappa shape index (κ2) is 5.54. The van der Waals surface area contributed by atoms with Crippen LogP contribution in [0.3, 0.4) is 0 Å². The van der Waals surface area contributed by atoms with E-state index in [0.29, 0.717) is 0 Å². The van der Waals surface area contributed by atoms with Crippen LogP contribution in [-0.4, -0.2) is 26.2 Å². The van der Waals surface area contributed by atoms with Crippen LogP contribution in [0.15, 0.2) is 24.3 Å². The van der Waals surface area contributed by atoms with Gasteiger partial charge in [-0.2, -0.15) is 0 Å². The fourth-order valence-corrected chi connectivity index (χ4v) is 2.63. The summed E-state index contributed by atoms with van der Waals surface area (Å²) in [4.78, 5) is 2.50. The molecule has 0 spiro atoms. The van der Waals surface area contributed by atoms with E-state index in [2.05, 4.69) is 55.3 Å². The molecule has 2 heteroatoms. The number of aryl methyl sites for hydroxylation is 1. The van der Waals surface area contributed by atoms with Gasteiger partial charge in [-0.25, -0.2) is 0 Å². The first-order valence-corrected chi connectivity index (χ1v) is 6.73. The van der Waals surface area contributed by atoms with Gasteiger partial charge in [0.1, 0.15) is 0 Å². The van der Waals surface area contributed by atoms with Crippen LogP contribution in [0.4, 0.5) is 5.69 Å². The van der Waals surface area contributed by atoms with Gasteiger partial charge in [-0.1, -0.05) is 19.1 Å².